The number of halogens is 1. The maximum absolute atomic E-state index is 13.0. The van der Waals surface area contributed by atoms with E-state index in [1.54, 1.807) is 12.1 Å². The second kappa shape index (κ2) is 3.93. The molecule has 1 heterocycles. The van der Waals surface area contributed by atoms with Crippen LogP contribution in [0.5, 0.6) is 0 Å². The van der Waals surface area contributed by atoms with Crippen LogP contribution in [0.2, 0.25) is 0 Å². The molecule has 2 rings (SSSR count). The van der Waals surface area contributed by atoms with Gasteiger partial charge < -0.3 is 5.32 Å². The van der Waals surface area contributed by atoms with E-state index in [9.17, 15) is 4.39 Å². The maximum atomic E-state index is 13.0. The van der Waals surface area contributed by atoms with E-state index in [0.717, 1.165) is 12.0 Å². The van der Waals surface area contributed by atoms with Crippen molar-refractivity contribution in [3.63, 3.8) is 0 Å². The molecule has 0 amide bonds. The Balaban J connectivity index is 2.17. The highest BCUT2D eigenvalue weighted by Crippen LogP contribution is 2.30. The Bertz CT molecular complexity index is 346. The summed E-state index contributed by atoms with van der Waals surface area (Å²) in [7, 11) is 0. The summed E-state index contributed by atoms with van der Waals surface area (Å²) < 4.78 is 13.0. The first kappa shape index (κ1) is 10.6. The molecule has 0 unspecified atom stereocenters. The van der Waals surface area contributed by atoms with Crippen LogP contribution in [-0.2, 0) is 0 Å². The van der Waals surface area contributed by atoms with E-state index in [4.69, 9.17) is 0 Å². The average Bonchev–Trinajstić information content (AvgIpc) is 2.16. The quantitative estimate of drug-likeness (QED) is 0.744. The normalized spacial score (nSPS) is 25.1. The predicted octanol–water partition coefficient (Wildman–Crippen LogP) is 3.22. The zero-order chi connectivity index (χ0) is 10.9. The summed E-state index contributed by atoms with van der Waals surface area (Å²) >= 11 is 0. The van der Waals surface area contributed by atoms with Gasteiger partial charge in [0.1, 0.15) is 5.82 Å². The first-order chi connectivity index (χ1) is 7.07. The molecule has 0 aliphatic carbocycles. The van der Waals surface area contributed by atoms with Gasteiger partial charge in [-0.3, -0.25) is 0 Å². The molecular formula is C13H17FN. The largest absolute Gasteiger partial charge is 0.305 e. The Morgan fingerprint density at radius 1 is 1.53 bits per heavy atom. The van der Waals surface area contributed by atoms with Gasteiger partial charge in [-0.2, -0.15) is 0 Å². The molecule has 2 heteroatoms. The number of piperidine rings is 1. The van der Waals surface area contributed by atoms with Gasteiger partial charge in [0.15, 0.2) is 0 Å². The second-order valence-corrected chi connectivity index (χ2v) is 4.94. The fourth-order valence-corrected chi connectivity index (χ4v) is 2.28. The van der Waals surface area contributed by atoms with Gasteiger partial charge in [0, 0.05) is 17.6 Å². The Morgan fingerprint density at radius 2 is 2.33 bits per heavy atom. The van der Waals surface area contributed by atoms with E-state index in [-0.39, 0.29) is 17.4 Å². The summed E-state index contributed by atoms with van der Waals surface area (Å²) in [4.78, 5) is 0. The van der Waals surface area contributed by atoms with Crippen molar-refractivity contribution < 1.29 is 4.39 Å². The molecule has 1 aromatic carbocycles. The third-order valence-electron chi connectivity index (χ3n) is 3.05. The standard InChI is InChI=1S/C13H17FN/c1-13(2)8-4-7-12(15-13)10-5-3-6-11(14)9-10/h3,5,9,12,15H,4,7-8H2,1-2H3/t12-/m0/s1. The minimum atomic E-state index is -0.266. The minimum Gasteiger partial charge on any atom is -0.305 e. The number of hydrogen-bond acceptors (Lipinski definition) is 1. The summed E-state index contributed by atoms with van der Waals surface area (Å²) in [6.07, 6.45) is 3.47. The lowest BCUT2D eigenvalue weighted by molar-refractivity contribution is 0.245. The molecular weight excluding hydrogens is 189 g/mol. The third kappa shape index (κ3) is 2.57. The van der Waals surface area contributed by atoms with Crippen LogP contribution in [0.4, 0.5) is 4.39 Å². The fourth-order valence-electron chi connectivity index (χ4n) is 2.28. The van der Waals surface area contributed by atoms with Crippen LogP contribution >= 0.6 is 0 Å². The summed E-state index contributed by atoms with van der Waals surface area (Å²) in [5, 5.41) is 3.56. The van der Waals surface area contributed by atoms with E-state index in [0.29, 0.717) is 0 Å². The molecule has 0 spiro atoms. The van der Waals surface area contributed by atoms with Gasteiger partial charge in [0.25, 0.3) is 0 Å². The molecule has 1 N–H and O–H groups in total. The smallest absolute Gasteiger partial charge is 0.131 e. The monoisotopic (exact) mass is 206 g/mol. The zero-order valence-corrected chi connectivity index (χ0v) is 9.31. The molecule has 0 saturated carbocycles. The van der Waals surface area contributed by atoms with Crippen molar-refractivity contribution in [3.8, 4) is 0 Å². The van der Waals surface area contributed by atoms with Crippen LogP contribution in [0.15, 0.2) is 18.2 Å². The van der Waals surface area contributed by atoms with Gasteiger partial charge in [0.2, 0.25) is 0 Å². The second-order valence-electron chi connectivity index (χ2n) is 4.94. The van der Waals surface area contributed by atoms with Crippen LogP contribution in [0.1, 0.15) is 44.7 Å². The van der Waals surface area contributed by atoms with Gasteiger partial charge in [-0.05, 0) is 44.7 Å². The molecule has 15 heavy (non-hydrogen) atoms. The lowest BCUT2D eigenvalue weighted by atomic mass is 9.86. The van der Waals surface area contributed by atoms with Gasteiger partial charge in [-0.15, -0.1) is 0 Å². The van der Waals surface area contributed by atoms with Crippen LogP contribution in [0, 0.1) is 11.9 Å². The van der Waals surface area contributed by atoms with Crippen molar-refractivity contribution in [2.24, 2.45) is 0 Å². The molecule has 1 saturated heterocycles. The van der Waals surface area contributed by atoms with Gasteiger partial charge in [-0.1, -0.05) is 12.1 Å². The summed E-state index contributed by atoms with van der Waals surface area (Å²) in [6, 6.07) is 8.02. The maximum Gasteiger partial charge on any atom is 0.131 e. The van der Waals surface area contributed by atoms with Crippen LogP contribution < -0.4 is 5.32 Å². The van der Waals surface area contributed by atoms with Crippen molar-refractivity contribution in [2.75, 3.05) is 0 Å². The fraction of sp³-hybridized carbons (Fsp3) is 0.538. The minimum absolute atomic E-state index is 0.166. The SMILES string of the molecule is CC1(C)CCC[C@@H](c2cc[c]c(F)c2)N1. The van der Waals surface area contributed by atoms with Crippen molar-refractivity contribution >= 4 is 0 Å². The van der Waals surface area contributed by atoms with Gasteiger partial charge >= 0.3 is 0 Å². The van der Waals surface area contributed by atoms with E-state index in [1.807, 2.05) is 6.07 Å². The van der Waals surface area contributed by atoms with Crippen molar-refractivity contribution in [3.05, 3.63) is 35.6 Å². The Hall–Kier alpha value is -0.890. The zero-order valence-electron chi connectivity index (χ0n) is 9.31. The lowest BCUT2D eigenvalue weighted by Gasteiger charge is -2.37. The molecule has 1 aliphatic rings. The average molecular weight is 206 g/mol. The van der Waals surface area contributed by atoms with Crippen molar-refractivity contribution in [1.29, 1.82) is 0 Å². The number of hydrogen-bond donors (Lipinski definition) is 1. The third-order valence-corrected chi connectivity index (χ3v) is 3.05. The first-order valence-electron chi connectivity index (χ1n) is 5.52. The Kier molecular flexibility index (Phi) is 2.79. The molecule has 1 aromatic rings. The Morgan fingerprint density at radius 3 is 3.00 bits per heavy atom. The van der Waals surface area contributed by atoms with Crippen molar-refractivity contribution in [1.82, 2.24) is 5.32 Å². The number of rotatable bonds is 1. The molecule has 1 fully saturated rings. The molecule has 1 aliphatic heterocycles. The summed E-state index contributed by atoms with van der Waals surface area (Å²) in [5.74, 6) is -0.266. The molecule has 0 aromatic heterocycles. The van der Waals surface area contributed by atoms with Crippen LogP contribution in [0.3, 0.4) is 0 Å². The highest BCUT2D eigenvalue weighted by Gasteiger charge is 2.27. The van der Waals surface area contributed by atoms with E-state index in [1.165, 1.54) is 12.8 Å². The predicted molar refractivity (Wildman–Crippen MR) is 59.0 cm³/mol. The molecule has 1 atom stereocenters. The highest BCUT2D eigenvalue weighted by molar-refractivity contribution is 5.20. The first-order valence-corrected chi connectivity index (χ1v) is 5.52. The highest BCUT2D eigenvalue weighted by atomic mass is 19.1. The van der Waals surface area contributed by atoms with Gasteiger partial charge in [-0.25, -0.2) is 4.39 Å². The van der Waals surface area contributed by atoms with E-state index >= 15 is 0 Å². The van der Waals surface area contributed by atoms with Gasteiger partial charge in [0.05, 0.1) is 0 Å². The van der Waals surface area contributed by atoms with Crippen LogP contribution in [0.25, 0.3) is 0 Å². The number of nitrogens with one attached hydrogen (secondary N) is 1. The Labute approximate surface area is 90.7 Å². The number of benzene rings is 1. The summed E-state index contributed by atoms with van der Waals surface area (Å²) in [5.41, 5.74) is 1.21. The molecule has 1 radical (unpaired) electrons. The van der Waals surface area contributed by atoms with E-state index in [2.05, 4.69) is 25.2 Å². The lowest BCUT2D eigenvalue weighted by Crippen LogP contribution is -2.44. The van der Waals surface area contributed by atoms with Crippen molar-refractivity contribution in [2.45, 2.75) is 44.7 Å². The molecule has 1 nitrogen and oxygen atoms in total. The van der Waals surface area contributed by atoms with E-state index < -0.39 is 0 Å². The summed E-state index contributed by atoms with van der Waals surface area (Å²) in [6.45, 7) is 4.40. The van der Waals surface area contributed by atoms with Crippen LogP contribution in [-0.4, -0.2) is 5.54 Å². The molecule has 0 bridgehead atoms. The topological polar surface area (TPSA) is 12.0 Å². The molecule has 81 valence electrons.